The summed E-state index contributed by atoms with van der Waals surface area (Å²) in [7, 11) is 1.72. The Morgan fingerprint density at radius 1 is 1.10 bits per heavy atom. The number of aryl methyl sites for hydroxylation is 2. The van der Waals surface area contributed by atoms with Crippen LogP contribution in [0.15, 0.2) is 18.2 Å². The normalized spacial score (nSPS) is 13.2. The van der Waals surface area contributed by atoms with Crippen LogP contribution in [0, 0.1) is 19.8 Å². The topological polar surface area (TPSA) is 32.7 Å². The second kappa shape index (κ2) is 8.40. The van der Waals surface area contributed by atoms with E-state index in [9.17, 15) is 5.11 Å². The van der Waals surface area contributed by atoms with Crippen LogP contribution in [0.2, 0.25) is 0 Å². The quantitative estimate of drug-likeness (QED) is 0.794. The van der Waals surface area contributed by atoms with E-state index >= 15 is 0 Å². The lowest BCUT2D eigenvalue weighted by Gasteiger charge is -2.26. The van der Waals surface area contributed by atoms with E-state index in [0.29, 0.717) is 19.1 Å². The molecule has 0 saturated heterocycles. The lowest BCUT2D eigenvalue weighted by atomic mass is 10.0. The number of nitrogens with zero attached hydrogens (tertiary/aromatic N) is 1. The molecule has 0 aliphatic carbocycles. The molecule has 1 atom stereocenters. The Bertz CT molecular complexity index is 384. The summed E-state index contributed by atoms with van der Waals surface area (Å²) in [6.45, 7) is 11.7. The minimum absolute atomic E-state index is 0.441. The van der Waals surface area contributed by atoms with Gasteiger partial charge in [0.2, 0.25) is 0 Å². The SMILES string of the molecule is COCCN(CC(C)C)CC(O)c1cc(C)cc(C)c1. The maximum absolute atomic E-state index is 10.5. The van der Waals surface area contributed by atoms with Gasteiger partial charge in [0.15, 0.2) is 0 Å². The van der Waals surface area contributed by atoms with Crippen molar-refractivity contribution in [1.29, 1.82) is 0 Å². The first kappa shape index (κ1) is 17.2. The molecule has 3 nitrogen and oxygen atoms in total. The van der Waals surface area contributed by atoms with Crippen molar-refractivity contribution in [2.24, 2.45) is 5.92 Å². The van der Waals surface area contributed by atoms with E-state index in [0.717, 1.165) is 18.7 Å². The van der Waals surface area contributed by atoms with Crippen molar-refractivity contribution in [3.8, 4) is 0 Å². The molecule has 0 heterocycles. The Hall–Kier alpha value is -0.900. The molecule has 0 aliphatic heterocycles. The Balaban J connectivity index is 2.70. The number of aliphatic hydroxyl groups excluding tert-OH is 1. The van der Waals surface area contributed by atoms with Crippen LogP contribution in [0.25, 0.3) is 0 Å². The first-order chi connectivity index (χ1) is 9.42. The average molecular weight is 279 g/mol. The first-order valence-electron chi connectivity index (χ1n) is 7.40. The van der Waals surface area contributed by atoms with Crippen LogP contribution in [0.5, 0.6) is 0 Å². The summed E-state index contributed by atoms with van der Waals surface area (Å²) in [6.07, 6.45) is -0.441. The minimum atomic E-state index is -0.441. The van der Waals surface area contributed by atoms with E-state index in [2.05, 4.69) is 50.8 Å². The van der Waals surface area contributed by atoms with Crippen molar-refractivity contribution in [3.05, 3.63) is 34.9 Å². The van der Waals surface area contributed by atoms with Crippen LogP contribution >= 0.6 is 0 Å². The lowest BCUT2D eigenvalue weighted by Crippen LogP contribution is -2.34. The summed E-state index contributed by atoms with van der Waals surface area (Å²) in [5, 5.41) is 10.5. The number of benzene rings is 1. The predicted molar refractivity (Wildman–Crippen MR) is 84.0 cm³/mol. The second-order valence-corrected chi connectivity index (χ2v) is 6.08. The van der Waals surface area contributed by atoms with E-state index in [4.69, 9.17) is 4.74 Å². The monoisotopic (exact) mass is 279 g/mol. The van der Waals surface area contributed by atoms with E-state index in [1.807, 2.05) is 0 Å². The fourth-order valence-corrected chi connectivity index (χ4v) is 2.55. The van der Waals surface area contributed by atoms with Gasteiger partial charge in [0.05, 0.1) is 12.7 Å². The fourth-order valence-electron chi connectivity index (χ4n) is 2.55. The standard InChI is InChI=1S/C17H29NO2/c1-13(2)11-18(6-7-20-5)12-17(19)16-9-14(3)8-15(4)10-16/h8-10,13,17,19H,6-7,11-12H2,1-5H3. The molecule has 114 valence electrons. The van der Waals surface area contributed by atoms with Gasteiger partial charge in [-0.1, -0.05) is 43.2 Å². The molecular weight excluding hydrogens is 250 g/mol. The third kappa shape index (κ3) is 6.04. The molecule has 0 spiro atoms. The van der Waals surface area contributed by atoms with Crippen molar-refractivity contribution in [2.45, 2.75) is 33.8 Å². The van der Waals surface area contributed by atoms with Gasteiger partial charge < -0.3 is 9.84 Å². The van der Waals surface area contributed by atoms with Gasteiger partial charge in [-0.15, -0.1) is 0 Å². The van der Waals surface area contributed by atoms with Crippen LogP contribution in [0.4, 0.5) is 0 Å². The number of hydrogen-bond donors (Lipinski definition) is 1. The molecule has 1 rings (SSSR count). The Kier molecular flexibility index (Phi) is 7.20. The summed E-state index contributed by atoms with van der Waals surface area (Å²) in [5.74, 6) is 0.582. The van der Waals surface area contributed by atoms with Crippen LogP contribution in [0.3, 0.4) is 0 Å². The highest BCUT2D eigenvalue weighted by Crippen LogP contribution is 2.18. The molecule has 1 aromatic carbocycles. The van der Waals surface area contributed by atoms with Gasteiger partial charge in [-0.2, -0.15) is 0 Å². The molecule has 1 unspecified atom stereocenters. The van der Waals surface area contributed by atoms with Gasteiger partial charge in [0.25, 0.3) is 0 Å². The highest BCUT2D eigenvalue weighted by Gasteiger charge is 2.15. The molecule has 0 saturated carbocycles. The predicted octanol–water partition coefficient (Wildman–Crippen LogP) is 2.94. The first-order valence-corrected chi connectivity index (χ1v) is 7.40. The molecule has 0 fully saturated rings. The van der Waals surface area contributed by atoms with Crippen molar-refractivity contribution in [2.75, 3.05) is 33.4 Å². The minimum Gasteiger partial charge on any atom is -0.387 e. The van der Waals surface area contributed by atoms with Gasteiger partial charge in [0, 0.05) is 26.7 Å². The Labute approximate surface area is 123 Å². The van der Waals surface area contributed by atoms with Gasteiger partial charge in [-0.3, -0.25) is 4.90 Å². The molecule has 1 aromatic rings. The molecular formula is C17H29NO2. The van der Waals surface area contributed by atoms with Crippen LogP contribution in [-0.2, 0) is 4.74 Å². The van der Waals surface area contributed by atoms with E-state index < -0.39 is 6.10 Å². The Morgan fingerprint density at radius 3 is 2.20 bits per heavy atom. The highest BCUT2D eigenvalue weighted by molar-refractivity contribution is 5.30. The van der Waals surface area contributed by atoms with Gasteiger partial charge in [-0.25, -0.2) is 0 Å². The van der Waals surface area contributed by atoms with Crippen LogP contribution in [0.1, 0.15) is 36.6 Å². The third-order valence-electron chi connectivity index (χ3n) is 3.29. The summed E-state index contributed by atoms with van der Waals surface area (Å²) >= 11 is 0. The van der Waals surface area contributed by atoms with Gasteiger partial charge in [0.1, 0.15) is 0 Å². The molecule has 0 bridgehead atoms. The van der Waals surface area contributed by atoms with Crippen LogP contribution in [-0.4, -0.2) is 43.4 Å². The zero-order chi connectivity index (χ0) is 15.1. The Morgan fingerprint density at radius 2 is 1.70 bits per heavy atom. The highest BCUT2D eigenvalue weighted by atomic mass is 16.5. The lowest BCUT2D eigenvalue weighted by molar-refractivity contribution is 0.0824. The molecule has 0 radical (unpaired) electrons. The largest absolute Gasteiger partial charge is 0.387 e. The third-order valence-corrected chi connectivity index (χ3v) is 3.29. The maximum Gasteiger partial charge on any atom is 0.0917 e. The van der Waals surface area contributed by atoms with Crippen molar-refractivity contribution >= 4 is 0 Å². The number of hydrogen-bond acceptors (Lipinski definition) is 3. The molecule has 20 heavy (non-hydrogen) atoms. The van der Waals surface area contributed by atoms with Crippen molar-refractivity contribution < 1.29 is 9.84 Å². The summed E-state index contributed by atoms with van der Waals surface area (Å²) in [4.78, 5) is 2.27. The van der Waals surface area contributed by atoms with E-state index in [1.54, 1.807) is 7.11 Å². The number of methoxy groups -OCH3 is 1. The number of rotatable bonds is 8. The van der Waals surface area contributed by atoms with Crippen LogP contribution < -0.4 is 0 Å². The summed E-state index contributed by atoms with van der Waals surface area (Å²) in [5.41, 5.74) is 3.41. The molecule has 0 aliphatic rings. The van der Waals surface area contributed by atoms with Crippen molar-refractivity contribution in [3.63, 3.8) is 0 Å². The maximum atomic E-state index is 10.5. The van der Waals surface area contributed by atoms with E-state index in [-0.39, 0.29) is 0 Å². The summed E-state index contributed by atoms with van der Waals surface area (Å²) < 4.78 is 5.16. The van der Waals surface area contributed by atoms with Gasteiger partial charge in [-0.05, 0) is 25.3 Å². The fraction of sp³-hybridized carbons (Fsp3) is 0.647. The zero-order valence-electron chi connectivity index (χ0n) is 13.5. The molecule has 3 heteroatoms. The number of ether oxygens (including phenoxy) is 1. The average Bonchev–Trinajstić information content (AvgIpc) is 2.34. The van der Waals surface area contributed by atoms with Crippen molar-refractivity contribution in [1.82, 2.24) is 4.90 Å². The van der Waals surface area contributed by atoms with E-state index in [1.165, 1.54) is 11.1 Å². The second-order valence-electron chi connectivity index (χ2n) is 6.08. The summed E-state index contributed by atoms with van der Waals surface area (Å²) in [6, 6.07) is 6.27. The van der Waals surface area contributed by atoms with Gasteiger partial charge >= 0.3 is 0 Å². The number of aliphatic hydroxyl groups is 1. The molecule has 0 aromatic heterocycles. The molecule has 0 amide bonds. The molecule has 1 N–H and O–H groups in total. The zero-order valence-corrected chi connectivity index (χ0v) is 13.5. The smallest absolute Gasteiger partial charge is 0.0917 e.